The Morgan fingerprint density at radius 1 is 1.53 bits per heavy atom. The molecule has 1 rings (SSSR count). The Morgan fingerprint density at radius 3 is 2.82 bits per heavy atom. The minimum absolute atomic E-state index is 0.143. The molecule has 1 heterocycles. The molecule has 0 saturated carbocycles. The van der Waals surface area contributed by atoms with Crippen LogP contribution >= 0.6 is 0 Å². The van der Waals surface area contributed by atoms with Crippen LogP contribution in [0.2, 0.25) is 0 Å². The lowest BCUT2D eigenvalue weighted by Crippen LogP contribution is -2.47. The summed E-state index contributed by atoms with van der Waals surface area (Å²) in [7, 11) is -3.57. The second kappa shape index (κ2) is 6.20. The van der Waals surface area contributed by atoms with Gasteiger partial charge in [0.2, 0.25) is 10.0 Å². The monoisotopic (exact) mass is 264 g/mol. The zero-order valence-electron chi connectivity index (χ0n) is 10.1. The minimum Gasteiger partial charge on any atom is -0.449 e. The molecule has 1 fully saturated rings. The molecule has 1 aliphatic heterocycles. The van der Waals surface area contributed by atoms with Crippen molar-refractivity contribution < 1.29 is 17.9 Å². The quantitative estimate of drug-likeness (QED) is 0.756. The third kappa shape index (κ3) is 4.51. The third-order valence-corrected chi connectivity index (χ3v) is 4.14. The van der Waals surface area contributed by atoms with Crippen LogP contribution in [0.4, 0.5) is 4.79 Å². The van der Waals surface area contributed by atoms with Gasteiger partial charge in [0.25, 0.3) is 0 Å². The van der Waals surface area contributed by atoms with Crippen molar-refractivity contribution in [1.29, 1.82) is 0 Å². The molecule has 7 heteroatoms. The van der Waals surface area contributed by atoms with Gasteiger partial charge in [0.05, 0.1) is 11.9 Å². The lowest BCUT2D eigenvalue weighted by Gasteiger charge is -2.30. The number of likely N-dealkylation sites (tertiary alicyclic amines) is 1. The van der Waals surface area contributed by atoms with Crippen LogP contribution in [0.15, 0.2) is 0 Å². The van der Waals surface area contributed by atoms with E-state index in [1.54, 1.807) is 0 Å². The number of unbranched alkanes of at least 4 members (excludes halogenated alkanes) is 1. The second-order valence-electron chi connectivity index (χ2n) is 4.27. The topological polar surface area (TPSA) is 89.7 Å². The van der Waals surface area contributed by atoms with E-state index in [-0.39, 0.29) is 6.54 Å². The molecule has 0 radical (unpaired) electrons. The summed E-state index contributed by atoms with van der Waals surface area (Å²) in [6, 6.07) is 0. The SMILES string of the molecule is CCCCOC(=O)N1CCCC(S(N)(=O)=O)C1. The number of ether oxygens (including phenoxy) is 1. The molecule has 2 N–H and O–H groups in total. The van der Waals surface area contributed by atoms with Gasteiger partial charge in [0.1, 0.15) is 0 Å². The van der Waals surface area contributed by atoms with Gasteiger partial charge in [0, 0.05) is 13.1 Å². The number of carbonyl (C=O) groups excluding carboxylic acids is 1. The molecule has 17 heavy (non-hydrogen) atoms. The zero-order valence-corrected chi connectivity index (χ0v) is 10.9. The Labute approximate surface area is 102 Å². The molecule has 0 spiro atoms. The number of piperidine rings is 1. The number of nitrogens with zero attached hydrogens (tertiary/aromatic N) is 1. The highest BCUT2D eigenvalue weighted by Gasteiger charge is 2.30. The summed E-state index contributed by atoms with van der Waals surface area (Å²) < 4.78 is 27.5. The van der Waals surface area contributed by atoms with E-state index in [1.807, 2.05) is 6.92 Å². The maximum atomic E-state index is 11.6. The fraction of sp³-hybridized carbons (Fsp3) is 0.900. The standard InChI is InChI=1S/C10H20N2O4S/c1-2-3-7-16-10(13)12-6-4-5-9(8-12)17(11,14)15/h9H,2-8H2,1H3,(H2,11,14,15). The van der Waals surface area contributed by atoms with Crippen molar-refractivity contribution in [2.45, 2.75) is 37.9 Å². The van der Waals surface area contributed by atoms with Gasteiger partial charge >= 0.3 is 6.09 Å². The van der Waals surface area contributed by atoms with Crippen LogP contribution < -0.4 is 5.14 Å². The predicted octanol–water partition coefficient (Wildman–Crippen LogP) is 0.676. The molecule has 0 aromatic carbocycles. The summed E-state index contributed by atoms with van der Waals surface area (Å²) in [5.41, 5.74) is 0. The van der Waals surface area contributed by atoms with E-state index in [2.05, 4.69) is 0 Å². The summed E-state index contributed by atoms with van der Waals surface area (Å²) in [4.78, 5) is 13.0. The Morgan fingerprint density at radius 2 is 2.24 bits per heavy atom. The molecule has 100 valence electrons. The van der Waals surface area contributed by atoms with Crippen molar-refractivity contribution in [3.63, 3.8) is 0 Å². The minimum atomic E-state index is -3.57. The van der Waals surface area contributed by atoms with E-state index in [0.29, 0.717) is 26.0 Å². The highest BCUT2D eigenvalue weighted by Crippen LogP contribution is 2.16. The van der Waals surface area contributed by atoms with Crippen molar-refractivity contribution >= 4 is 16.1 Å². The number of amides is 1. The number of hydrogen-bond donors (Lipinski definition) is 1. The van der Waals surface area contributed by atoms with E-state index < -0.39 is 21.4 Å². The number of rotatable bonds is 4. The van der Waals surface area contributed by atoms with Gasteiger partial charge in [-0.3, -0.25) is 0 Å². The van der Waals surface area contributed by atoms with Gasteiger partial charge in [-0.05, 0) is 19.3 Å². The zero-order chi connectivity index (χ0) is 12.9. The van der Waals surface area contributed by atoms with Crippen LogP contribution in [0, 0.1) is 0 Å². The molecule has 0 aromatic rings. The number of nitrogens with two attached hydrogens (primary N) is 1. The van der Waals surface area contributed by atoms with Crippen LogP contribution in [0.25, 0.3) is 0 Å². The molecule has 0 aliphatic carbocycles. The van der Waals surface area contributed by atoms with E-state index in [9.17, 15) is 13.2 Å². The maximum absolute atomic E-state index is 11.6. The summed E-state index contributed by atoms with van der Waals surface area (Å²) in [5, 5.41) is 4.43. The fourth-order valence-corrected chi connectivity index (χ4v) is 2.65. The predicted molar refractivity (Wildman–Crippen MR) is 64.0 cm³/mol. The van der Waals surface area contributed by atoms with Crippen LogP contribution in [0.3, 0.4) is 0 Å². The Hall–Kier alpha value is -0.820. The van der Waals surface area contributed by atoms with Crippen molar-refractivity contribution in [3.8, 4) is 0 Å². The molecule has 1 atom stereocenters. The van der Waals surface area contributed by atoms with Gasteiger partial charge in [-0.2, -0.15) is 0 Å². The number of primary sulfonamides is 1. The van der Waals surface area contributed by atoms with Gasteiger partial charge in [-0.15, -0.1) is 0 Å². The van der Waals surface area contributed by atoms with Crippen molar-refractivity contribution in [2.24, 2.45) is 5.14 Å². The highest BCUT2D eigenvalue weighted by atomic mass is 32.2. The summed E-state index contributed by atoms with van der Waals surface area (Å²) in [5.74, 6) is 0. The van der Waals surface area contributed by atoms with Crippen LogP contribution in [0.5, 0.6) is 0 Å². The molecular formula is C10H20N2O4S. The van der Waals surface area contributed by atoms with E-state index in [0.717, 1.165) is 12.8 Å². The first-order valence-corrected chi connectivity index (χ1v) is 7.49. The van der Waals surface area contributed by atoms with Gasteiger partial charge in [-0.25, -0.2) is 18.4 Å². The van der Waals surface area contributed by atoms with E-state index in [1.165, 1.54) is 4.90 Å². The maximum Gasteiger partial charge on any atom is 0.409 e. The lowest BCUT2D eigenvalue weighted by atomic mass is 10.1. The van der Waals surface area contributed by atoms with E-state index >= 15 is 0 Å². The molecule has 1 unspecified atom stereocenters. The van der Waals surface area contributed by atoms with Gasteiger partial charge < -0.3 is 9.64 Å². The largest absolute Gasteiger partial charge is 0.449 e. The van der Waals surface area contributed by atoms with Crippen LogP contribution in [-0.2, 0) is 14.8 Å². The summed E-state index contributed by atoms with van der Waals surface area (Å²) in [6.45, 7) is 3.07. The number of carbonyl (C=O) groups is 1. The van der Waals surface area contributed by atoms with Crippen LogP contribution in [-0.4, -0.2) is 44.4 Å². The van der Waals surface area contributed by atoms with E-state index in [4.69, 9.17) is 9.88 Å². The number of hydrogen-bond acceptors (Lipinski definition) is 4. The van der Waals surface area contributed by atoms with Crippen molar-refractivity contribution in [1.82, 2.24) is 4.90 Å². The van der Waals surface area contributed by atoms with Gasteiger partial charge in [-0.1, -0.05) is 13.3 Å². The van der Waals surface area contributed by atoms with Crippen molar-refractivity contribution in [3.05, 3.63) is 0 Å². The van der Waals surface area contributed by atoms with Crippen LogP contribution in [0.1, 0.15) is 32.6 Å². The molecule has 0 aromatic heterocycles. The van der Waals surface area contributed by atoms with Crippen molar-refractivity contribution in [2.75, 3.05) is 19.7 Å². The third-order valence-electron chi connectivity index (χ3n) is 2.82. The summed E-state index contributed by atoms with van der Waals surface area (Å²) in [6.07, 6.45) is 2.49. The first-order valence-electron chi connectivity index (χ1n) is 5.88. The Balaban J connectivity index is 2.46. The molecule has 0 bridgehead atoms. The van der Waals surface area contributed by atoms with Gasteiger partial charge in [0.15, 0.2) is 0 Å². The Bertz CT molecular complexity index is 355. The summed E-state index contributed by atoms with van der Waals surface area (Å²) >= 11 is 0. The smallest absolute Gasteiger partial charge is 0.409 e. The fourth-order valence-electron chi connectivity index (χ4n) is 1.77. The second-order valence-corrected chi connectivity index (χ2v) is 6.11. The lowest BCUT2D eigenvalue weighted by molar-refractivity contribution is 0.0946. The average molecular weight is 264 g/mol. The average Bonchev–Trinajstić information content (AvgIpc) is 2.28. The number of sulfonamides is 1. The normalized spacial score (nSPS) is 21.3. The molecular weight excluding hydrogens is 244 g/mol. The highest BCUT2D eigenvalue weighted by molar-refractivity contribution is 7.89. The molecule has 1 saturated heterocycles. The Kier molecular flexibility index (Phi) is 5.20. The molecule has 6 nitrogen and oxygen atoms in total. The molecule has 1 aliphatic rings. The molecule has 1 amide bonds. The first kappa shape index (κ1) is 14.2. The first-order chi connectivity index (χ1) is 7.95.